The fourth-order valence-corrected chi connectivity index (χ4v) is 2.11. The van der Waals surface area contributed by atoms with E-state index in [0.29, 0.717) is 12.8 Å². The van der Waals surface area contributed by atoms with Crippen molar-refractivity contribution in [3.05, 3.63) is 24.3 Å². The molecule has 0 aliphatic heterocycles. The smallest absolute Gasteiger partial charge is 0.333 e. The van der Waals surface area contributed by atoms with Gasteiger partial charge in [-0.1, -0.05) is 18.7 Å². The second-order valence-corrected chi connectivity index (χ2v) is 5.31. The second kappa shape index (κ2) is 8.36. The molecule has 22 heavy (non-hydrogen) atoms. The van der Waals surface area contributed by atoms with Crippen LogP contribution in [0.5, 0.6) is 0 Å². The van der Waals surface area contributed by atoms with Crippen molar-refractivity contribution in [3.63, 3.8) is 0 Å². The lowest BCUT2D eigenvalue weighted by molar-refractivity contribution is -0.163. The number of ether oxygens (including phenoxy) is 3. The van der Waals surface area contributed by atoms with Gasteiger partial charge in [-0.2, -0.15) is 0 Å². The van der Waals surface area contributed by atoms with Crippen LogP contribution in [0.3, 0.4) is 0 Å². The van der Waals surface area contributed by atoms with Crippen LogP contribution in [0.2, 0.25) is 0 Å². The van der Waals surface area contributed by atoms with Gasteiger partial charge in [0.05, 0.1) is 18.9 Å². The number of carbonyl (C=O) groups is 3. The van der Waals surface area contributed by atoms with E-state index in [1.165, 1.54) is 14.0 Å². The van der Waals surface area contributed by atoms with Gasteiger partial charge in [-0.3, -0.25) is 9.59 Å². The second-order valence-electron chi connectivity index (χ2n) is 5.31. The standard InChI is InChI=1S/C16H22O6/c1-10(2)14(17)22-11(3)9-21-16(19)13-8-6-5-7-12(13)15(18)20-4/h5-6,11-13H,1,7-9H2,2-4H3. The van der Waals surface area contributed by atoms with Crippen molar-refractivity contribution in [1.29, 1.82) is 0 Å². The van der Waals surface area contributed by atoms with E-state index in [1.54, 1.807) is 6.92 Å². The zero-order valence-corrected chi connectivity index (χ0v) is 13.2. The van der Waals surface area contributed by atoms with E-state index in [0.717, 1.165) is 0 Å². The molecule has 3 unspecified atom stereocenters. The first-order chi connectivity index (χ1) is 10.4. The van der Waals surface area contributed by atoms with E-state index >= 15 is 0 Å². The van der Waals surface area contributed by atoms with Gasteiger partial charge in [0, 0.05) is 5.57 Å². The molecule has 0 bridgehead atoms. The molecule has 0 radical (unpaired) electrons. The van der Waals surface area contributed by atoms with Crippen LogP contribution >= 0.6 is 0 Å². The lowest BCUT2D eigenvalue weighted by atomic mass is 9.83. The van der Waals surface area contributed by atoms with Gasteiger partial charge in [0.15, 0.2) is 0 Å². The van der Waals surface area contributed by atoms with Gasteiger partial charge in [-0.05, 0) is 26.7 Å². The molecule has 122 valence electrons. The minimum Gasteiger partial charge on any atom is -0.469 e. The first kappa shape index (κ1) is 17.9. The lowest BCUT2D eigenvalue weighted by Crippen LogP contribution is -2.34. The van der Waals surface area contributed by atoms with E-state index in [9.17, 15) is 14.4 Å². The fraction of sp³-hybridized carbons (Fsp3) is 0.562. The summed E-state index contributed by atoms with van der Waals surface area (Å²) in [6.07, 6.45) is 3.99. The largest absolute Gasteiger partial charge is 0.469 e. The zero-order chi connectivity index (χ0) is 16.7. The van der Waals surface area contributed by atoms with E-state index < -0.39 is 35.8 Å². The summed E-state index contributed by atoms with van der Waals surface area (Å²) in [5, 5.41) is 0. The molecule has 0 aromatic carbocycles. The van der Waals surface area contributed by atoms with Crippen molar-refractivity contribution in [2.24, 2.45) is 11.8 Å². The molecule has 0 heterocycles. The summed E-state index contributed by atoms with van der Waals surface area (Å²) in [5.74, 6) is -2.54. The van der Waals surface area contributed by atoms with Gasteiger partial charge in [0.1, 0.15) is 12.7 Å². The zero-order valence-electron chi connectivity index (χ0n) is 13.2. The van der Waals surface area contributed by atoms with Gasteiger partial charge in [-0.15, -0.1) is 0 Å². The molecular weight excluding hydrogens is 288 g/mol. The van der Waals surface area contributed by atoms with Crippen molar-refractivity contribution >= 4 is 17.9 Å². The van der Waals surface area contributed by atoms with Crippen LogP contribution < -0.4 is 0 Å². The maximum absolute atomic E-state index is 12.1. The van der Waals surface area contributed by atoms with Crippen molar-refractivity contribution in [1.82, 2.24) is 0 Å². The van der Waals surface area contributed by atoms with Gasteiger partial charge in [0.2, 0.25) is 0 Å². The molecule has 0 N–H and O–H groups in total. The van der Waals surface area contributed by atoms with Gasteiger partial charge in [0.25, 0.3) is 0 Å². The summed E-state index contributed by atoms with van der Waals surface area (Å²) < 4.78 is 14.9. The summed E-state index contributed by atoms with van der Waals surface area (Å²) >= 11 is 0. The Kier molecular flexibility index (Phi) is 6.82. The van der Waals surface area contributed by atoms with Crippen molar-refractivity contribution in [3.8, 4) is 0 Å². The first-order valence-corrected chi connectivity index (χ1v) is 7.12. The van der Waals surface area contributed by atoms with E-state index in [1.807, 2.05) is 12.2 Å². The van der Waals surface area contributed by atoms with Crippen molar-refractivity contribution < 1.29 is 28.6 Å². The SMILES string of the molecule is C=C(C)C(=O)OC(C)COC(=O)C1CC=CCC1C(=O)OC. The average molecular weight is 310 g/mol. The third-order valence-corrected chi connectivity index (χ3v) is 3.36. The number of allylic oxidation sites excluding steroid dienone is 2. The number of hydrogen-bond donors (Lipinski definition) is 0. The van der Waals surface area contributed by atoms with E-state index in [2.05, 4.69) is 6.58 Å². The van der Waals surface area contributed by atoms with Gasteiger partial charge >= 0.3 is 17.9 Å². The summed E-state index contributed by atoms with van der Waals surface area (Å²) in [4.78, 5) is 35.2. The Hall–Kier alpha value is -2.11. The number of rotatable bonds is 6. The molecule has 0 saturated heterocycles. The highest BCUT2D eigenvalue weighted by Gasteiger charge is 2.36. The molecule has 0 fully saturated rings. The molecular formula is C16H22O6. The Morgan fingerprint density at radius 3 is 2.23 bits per heavy atom. The number of esters is 3. The highest BCUT2D eigenvalue weighted by Crippen LogP contribution is 2.27. The molecule has 0 spiro atoms. The first-order valence-electron chi connectivity index (χ1n) is 7.12. The Labute approximate surface area is 130 Å². The van der Waals surface area contributed by atoms with Gasteiger partial charge < -0.3 is 14.2 Å². The fourth-order valence-electron chi connectivity index (χ4n) is 2.11. The topological polar surface area (TPSA) is 78.9 Å². The van der Waals surface area contributed by atoms with E-state index in [-0.39, 0.29) is 12.2 Å². The molecule has 3 atom stereocenters. The van der Waals surface area contributed by atoms with Crippen LogP contribution in [0.4, 0.5) is 0 Å². The van der Waals surface area contributed by atoms with Crippen molar-refractivity contribution in [2.75, 3.05) is 13.7 Å². The highest BCUT2D eigenvalue weighted by atomic mass is 16.6. The van der Waals surface area contributed by atoms with Crippen LogP contribution in [0.25, 0.3) is 0 Å². The predicted molar refractivity (Wildman–Crippen MR) is 78.7 cm³/mol. The Bertz CT molecular complexity index is 479. The maximum Gasteiger partial charge on any atom is 0.333 e. The van der Waals surface area contributed by atoms with Crippen LogP contribution in [-0.2, 0) is 28.6 Å². The summed E-state index contributed by atoms with van der Waals surface area (Å²) in [7, 11) is 1.29. The van der Waals surface area contributed by atoms with Crippen LogP contribution in [0.15, 0.2) is 24.3 Å². The summed E-state index contributed by atoms with van der Waals surface area (Å²) in [6.45, 7) is 6.57. The molecule has 6 nitrogen and oxygen atoms in total. The number of hydrogen-bond acceptors (Lipinski definition) is 6. The Balaban J connectivity index is 2.53. The van der Waals surface area contributed by atoms with Crippen LogP contribution in [0, 0.1) is 11.8 Å². The Morgan fingerprint density at radius 1 is 1.18 bits per heavy atom. The average Bonchev–Trinajstić information content (AvgIpc) is 2.51. The van der Waals surface area contributed by atoms with Crippen LogP contribution in [-0.4, -0.2) is 37.7 Å². The molecule has 0 amide bonds. The molecule has 1 aliphatic rings. The molecule has 0 aromatic heterocycles. The minimum absolute atomic E-state index is 0.0635. The van der Waals surface area contributed by atoms with Crippen LogP contribution in [0.1, 0.15) is 26.7 Å². The highest BCUT2D eigenvalue weighted by molar-refractivity contribution is 5.87. The monoisotopic (exact) mass is 310 g/mol. The molecule has 6 heteroatoms. The third-order valence-electron chi connectivity index (χ3n) is 3.36. The maximum atomic E-state index is 12.1. The third kappa shape index (κ3) is 5.02. The molecule has 1 aliphatic carbocycles. The summed E-state index contributed by atoms with van der Waals surface area (Å²) in [5.41, 5.74) is 0.279. The molecule has 1 rings (SSSR count). The van der Waals surface area contributed by atoms with Crippen molar-refractivity contribution in [2.45, 2.75) is 32.8 Å². The predicted octanol–water partition coefficient (Wildman–Crippen LogP) is 1.79. The summed E-state index contributed by atoms with van der Waals surface area (Å²) in [6, 6.07) is 0. The molecule has 0 saturated carbocycles. The molecule has 0 aromatic rings. The lowest BCUT2D eigenvalue weighted by Gasteiger charge is -2.25. The number of carbonyl (C=O) groups excluding carboxylic acids is 3. The van der Waals surface area contributed by atoms with E-state index in [4.69, 9.17) is 14.2 Å². The van der Waals surface area contributed by atoms with Gasteiger partial charge in [-0.25, -0.2) is 4.79 Å². The quantitative estimate of drug-likeness (QED) is 0.322. The Morgan fingerprint density at radius 2 is 1.73 bits per heavy atom. The normalized spacial score (nSPS) is 21.6. The number of methoxy groups -OCH3 is 1. The minimum atomic E-state index is -0.580.